The van der Waals surface area contributed by atoms with Gasteiger partial charge in [0, 0.05) is 17.7 Å². The number of aromatic nitrogens is 1. The number of pyridine rings is 1. The van der Waals surface area contributed by atoms with Crippen molar-refractivity contribution in [3.05, 3.63) is 66.0 Å². The van der Waals surface area contributed by atoms with Gasteiger partial charge in [-0.05, 0) is 12.0 Å². The Morgan fingerprint density at radius 2 is 1.82 bits per heavy atom. The monoisotopic (exact) mass is 224 g/mol. The molecule has 1 aromatic heterocycles. The molecule has 2 nitrogen and oxygen atoms in total. The molecule has 0 saturated carbocycles. The van der Waals surface area contributed by atoms with Crippen LogP contribution in [0.1, 0.15) is 15.9 Å². The second kappa shape index (κ2) is 4.13. The van der Waals surface area contributed by atoms with Crippen molar-refractivity contribution in [3.8, 4) is 0 Å². The molecule has 0 amide bonds. The number of carbonyl (C=O) groups is 1. The van der Waals surface area contributed by atoms with Gasteiger partial charge >= 0.3 is 0 Å². The van der Waals surface area contributed by atoms with Crippen molar-refractivity contribution in [3.63, 3.8) is 0 Å². The predicted octanol–water partition coefficient (Wildman–Crippen LogP) is 2.03. The van der Waals surface area contributed by atoms with Crippen LogP contribution in [-0.4, -0.2) is 5.78 Å². The summed E-state index contributed by atoms with van der Waals surface area (Å²) >= 11 is 0. The van der Waals surface area contributed by atoms with Gasteiger partial charge in [0.15, 0.2) is 24.7 Å². The molecule has 0 spiro atoms. The molecule has 1 atom stereocenters. The van der Waals surface area contributed by atoms with E-state index in [1.54, 1.807) is 0 Å². The van der Waals surface area contributed by atoms with Crippen LogP contribution in [0.3, 0.4) is 0 Å². The smallest absolute Gasteiger partial charge is 0.172 e. The molecule has 17 heavy (non-hydrogen) atoms. The Hall–Kier alpha value is -1.96. The lowest BCUT2D eigenvalue weighted by molar-refractivity contribution is -0.701. The van der Waals surface area contributed by atoms with Crippen molar-refractivity contribution in [2.75, 3.05) is 0 Å². The van der Waals surface area contributed by atoms with Gasteiger partial charge in [0.05, 0.1) is 5.92 Å². The van der Waals surface area contributed by atoms with Crippen LogP contribution in [-0.2, 0) is 13.0 Å². The number of hydrogen-bond acceptors (Lipinski definition) is 1. The minimum Gasteiger partial charge on any atom is -0.294 e. The Balaban J connectivity index is 1.83. The van der Waals surface area contributed by atoms with E-state index in [0.717, 1.165) is 18.5 Å². The van der Waals surface area contributed by atoms with Crippen LogP contribution in [0.15, 0.2) is 54.9 Å². The van der Waals surface area contributed by atoms with E-state index in [1.807, 2.05) is 48.8 Å². The van der Waals surface area contributed by atoms with Gasteiger partial charge in [-0.25, -0.2) is 4.57 Å². The van der Waals surface area contributed by atoms with Gasteiger partial charge in [-0.2, -0.15) is 0 Å². The second-order valence-corrected chi connectivity index (χ2v) is 4.49. The van der Waals surface area contributed by atoms with Crippen molar-refractivity contribution in [2.45, 2.75) is 13.0 Å². The first-order chi connectivity index (χ1) is 8.34. The zero-order chi connectivity index (χ0) is 11.7. The first kappa shape index (κ1) is 10.2. The molecule has 1 aliphatic carbocycles. The molecule has 1 aliphatic rings. The van der Waals surface area contributed by atoms with Crippen LogP contribution in [0.25, 0.3) is 0 Å². The fourth-order valence-electron chi connectivity index (χ4n) is 2.47. The minimum atomic E-state index is 0.0970. The van der Waals surface area contributed by atoms with E-state index in [9.17, 15) is 4.79 Å². The Labute approximate surface area is 101 Å². The summed E-state index contributed by atoms with van der Waals surface area (Å²) in [5.74, 6) is 0.386. The molecule has 0 saturated heterocycles. The molecule has 2 heteroatoms. The van der Waals surface area contributed by atoms with Crippen molar-refractivity contribution >= 4 is 5.78 Å². The molecule has 1 heterocycles. The average molecular weight is 224 g/mol. The van der Waals surface area contributed by atoms with Gasteiger partial charge in [0.25, 0.3) is 0 Å². The largest absolute Gasteiger partial charge is 0.294 e. The number of Topliss-reactive ketones (excluding diaryl/α,β-unsaturated/α-hetero) is 1. The van der Waals surface area contributed by atoms with Gasteiger partial charge < -0.3 is 0 Å². The summed E-state index contributed by atoms with van der Waals surface area (Å²) in [6.07, 6.45) is 4.89. The van der Waals surface area contributed by atoms with E-state index in [0.29, 0.717) is 0 Å². The van der Waals surface area contributed by atoms with Crippen LogP contribution < -0.4 is 4.57 Å². The van der Waals surface area contributed by atoms with Gasteiger partial charge in [0.1, 0.15) is 0 Å². The molecule has 2 aromatic rings. The highest BCUT2D eigenvalue weighted by molar-refractivity contribution is 6.02. The van der Waals surface area contributed by atoms with E-state index in [2.05, 4.69) is 10.6 Å². The van der Waals surface area contributed by atoms with Gasteiger partial charge in [-0.3, -0.25) is 4.79 Å². The quantitative estimate of drug-likeness (QED) is 0.715. The summed E-state index contributed by atoms with van der Waals surface area (Å²) in [6.45, 7) is 0.772. The third kappa shape index (κ3) is 1.86. The first-order valence-corrected chi connectivity index (χ1v) is 5.91. The SMILES string of the molecule is O=C1c2ccccc2CC1C[n+]1ccccc1. The molecule has 3 rings (SSSR count). The lowest BCUT2D eigenvalue weighted by Gasteiger charge is -2.02. The molecule has 0 radical (unpaired) electrons. The van der Waals surface area contributed by atoms with E-state index in [1.165, 1.54) is 5.56 Å². The molecule has 1 aromatic carbocycles. The molecule has 0 bridgehead atoms. The number of carbonyl (C=O) groups excluding carboxylic acids is 1. The van der Waals surface area contributed by atoms with Gasteiger partial charge in [0.2, 0.25) is 0 Å². The zero-order valence-corrected chi connectivity index (χ0v) is 9.54. The molecule has 0 aliphatic heterocycles. The summed E-state index contributed by atoms with van der Waals surface area (Å²) in [7, 11) is 0. The lowest BCUT2D eigenvalue weighted by Crippen LogP contribution is -2.38. The van der Waals surface area contributed by atoms with Gasteiger partial charge in [-0.15, -0.1) is 0 Å². The maximum absolute atomic E-state index is 12.2. The molecule has 0 fully saturated rings. The Morgan fingerprint density at radius 1 is 1.06 bits per heavy atom. The van der Waals surface area contributed by atoms with Crippen LogP contribution in [0.5, 0.6) is 0 Å². The van der Waals surface area contributed by atoms with Crippen molar-refractivity contribution in [2.24, 2.45) is 5.92 Å². The number of fused-ring (bicyclic) bond motifs is 1. The number of rotatable bonds is 2. The summed E-state index contributed by atoms with van der Waals surface area (Å²) in [6, 6.07) is 13.9. The van der Waals surface area contributed by atoms with Crippen LogP contribution in [0.4, 0.5) is 0 Å². The van der Waals surface area contributed by atoms with Crippen molar-refractivity contribution < 1.29 is 9.36 Å². The van der Waals surface area contributed by atoms with Crippen molar-refractivity contribution in [1.82, 2.24) is 0 Å². The van der Waals surface area contributed by atoms with E-state index >= 15 is 0 Å². The molecule has 84 valence electrons. The highest BCUT2D eigenvalue weighted by Gasteiger charge is 2.32. The maximum Gasteiger partial charge on any atom is 0.172 e. The number of ketones is 1. The predicted molar refractivity (Wildman–Crippen MR) is 64.6 cm³/mol. The lowest BCUT2D eigenvalue weighted by atomic mass is 10.1. The average Bonchev–Trinajstić information content (AvgIpc) is 2.68. The topological polar surface area (TPSA) is 20.9 Å². The molecular formula is C15H14NO+. The second-order valence-electron chi connectivity index (χ2n) is 4.49. The van der Waals surface area contributed by atoms with Gasteiger partial charge in [-0.1, -0.05) is 30.3 Å². The summed E-state index contributed by atoms with van der Waals surface area (Å²) in [5.41, 5.74) is 2.10. The summed E-state index contributed by atoms with van der Waals surface area (Å²) in [5, 5.41) is 0. The number of nitrogens with zero attached hydrogens (tertiary/aromatic N) is 1. The maximum atomic E-state index is 12.2. The number of hydrogen-bond donors (Lipinski definition) is 0. The van der Waals surface area contributed by atoms with E-state index in [-0.39, 0.29) is 11.7 Å². The highest BCUT2D eigenvalue weighted by Crippen LogP contribution is 2.26. The minimum absolute atomic E-state index is 0.0970. The van der Waals surface area contributed by atoms with Crippen LogP contribution in [0, 0.1) is 5.92 Å². The highest BCUT2D eigenvalue weighted by atomic mass is 16.1. The standard InChI is InChI=1S/C15H14NO/c17-15-13(11-16-8-4-1-5-9-16)10-12-6-2-3-7-14(12)15/h1-9,13H,10-11H2/q+1. The molecule has 1 unspecified atom stereocenters. The Bertz CT molecular complexity index is 548. The summed E-state index contributed by atoms with van der Waals surface area (Å²) in [4.78, 5) is 12.2. The normalized spacial score (nSPS) is 18.1. The fraction of sp³-hybridized carbons (Fsp3) is 0.200. The third-order valence-electron chi connectivity index (χ3n) is 3.33. The first-order valence-electron chi connectivity index (χ1n) is 5.91. The molecule has 0 N–H and O–H groups in total. The molecular weight excluding hydrogens is 210 g/mol. The van der Waals surface area contributed by atoms with Crippen LogP contribution in [0.2, 0.25) is 0 Å². The van der Waals surface area contributed by atoms with E-state index in [4.69, 9.17) is 0 Å². The Morgan fingerprint density at radius 3 is 2.59 bits per heavy atom. The van der Waals surface area contributed by atoms with E-state index < -0.39 is 0 Å². The third-order valence-corrected chi connectivity index (χ3v) is 3.33. The fourth-order valence-corrected chi connectivity index (χ4v) is 2.47. The Kier molecular flexibility index (Phi) is 2.48. The zero-order valence-electron chi connectivity index (χ0n) is 9.54. The number of benzene rings is 1. The summed E-state index contributed by atoms with van der Waals surface area (Å²) < 4.78 is 2.08. The van der Waals surface area contributed by atoms with Crippen molar-refractivity contribution in [1.29, 1.82) is 0 Å². The van der Waals surface area contributed by atoms with Crippen LogP contribution >= 0.6 is 0 Å².